The zero-order chi connectivity index (χ0) is 13.6. The van der Waals surface area contributed by atoms with Crippen molar-refractivity contribution < 1.29 is 4.74 Å². The van der Waals surface area contributed by atoms with E-state index in [1.54, 1.807) is 7.11 Å². The lowest BCUT2D eigenvalue weighted by atomic mass is 10.0. The van der Waals surface area contributed by atoms with Gasteiger partial charge in [0.05, 0.1) is 7.11 Å². The molecule has 0 atom stereocenters. The first-order chi connectivity index (χ1) is 8.30. The van der Waals surface area contributed by atoms with Crippen LogP contribution in [0.15, 0.2) is 18.2 Å². The van der Waals surface area contributed by atoms with Crippen molar-refractivity contribution in [1.82, 2.24) is 5.32 Å². The van der Waals surface area contributed by atoms with Crippen LogP contribution in [-0.2, 0) is 6.54 Å². The number of hydrogen-bond donors (Lipinski definition) is 2. The Morgan fingerprint density at radius 2 is 1.83 bits per heavy atom. The predicted octanol–water partition coefficient (Wildman–Crippen LogP) is 2.80. The van der Waals surface area contributed by atoms with Gasteiger partial charge < -0.3 is 15.8 Å². The number of nitrogen functional groups attached to an aromatic ring is 1. The summed E-state index contributed by atoms with van der Waals surface area (Å²) >= 11 is 0. The van der Waals surface area contributed by atoms with Gasteiger partial charge in [-0.3, -0.25) is 0 Å². The summed E-state index contributed by atoms with van der Waals surface area (Å²) in [5.41, 5.74) is 8.65. The van der Waals surface area contributed by atoms with Crippen molar-refractivity contribution in [1.29, 1.82) is 0 Å². The average molecular weight is 248 g/mol. The van der Waals surface area contributed by atoms with Crippen molar-refractivity contribution >= 4 is 5.69 Å². The zero-order valence-electron chi connectivity index (χ0n) is 12.0. The van der Waals surface area contributed by atoms with Gasteiger partial charge in [-0.2, -0.15) is 0 Å². The molecule has 0 saturated heterocycles. The molecule has 1 aliphatic carbocycles. The van der Waals surface area contributed by atoms with Crippen molar-refractivity contribution in [2.75, 3.05) is 12.8 Å². The molecule has 1 aromatic carbocycles. The Hall–Kier alpha value is -1.22. The third kappa shape index (κ3) is 1.97. The monoisotopic (exact) mass is 248 g/mol. The Bertz CT molecular complexity index is 438. The molecule has 0 radical (unpaired) electrons. The van der Waals surface area contributed by atoms with Crippen molar-refractivity contribution in [3.63, 3.8) is 0 Å². The van der Waals surface area contributed by atoms with E-state index >= 15 is 0 Å². The smallest absolute Gasteiger partial charge is 0.120 e. The molecule has 1 saturated carbocycles. The van der Waals surface area contributed by atoms with Crippen LogP contribution in [0.4, 0.5) is 5.69 Å². The van der Waals surface area contributed by atoms with E-state index < -0.39 is 0 Å². The summed E-state index contributed by atoms with van der Waals surface area (Å²) in [7, 11) is 1.65. The summed E-state index contributed by atoms with van der Waals surface area (Å²) in [6.07, 6.45) is 0. The summed E-state index contributed by atoms with van der Waals surface area (Å²) in [5.74, 6) is 0.809. The van der Waals surface area contributed by atoms with E-state index in [0.29, 0.717) is 16.9 Å². The highest BCUT2D eigenvalue weighted by atomic mass is 16.5. The summed E-state index contributed by atoms with van der Waals surface area (Å²) < 4.78 is 5.15. The van der Waals surface area contributed by atoms with E-state index in [9.17, 15) is 0 Å². The van der Waals surface area contributed by atoms with Gasteiger partial charge in [-0.05, 0) is 22.5 Å². The van der Waals surface area contributed by atoms with Crippen LogP contribution in [0.25, 0.3) is 0 Å². The fourth-order valence-corrected chi connectivity index (χ4v) is 2.78. The minimum atomic E-state index is 0.355. The van der Waals surface area contributed by atoms with E-state index in [0.717, 1.165) is 23.5 Å². The molecule has 0 aliphatic heterocycles. The lowest BCUT2D eigenvalue weighted by molar-refractivity contribution is 0.415. The Morgan fingerprint density at radius 1 is 1.22 bits per heavy atom. The third-order valence-electron chi connectivity index (χ3n) is 4.87. The first kappa shape index (κ1) is 13.2. The van der Waals surface area contributed by atoms with Crippen molar-refractivity contribution in [2.45, 2.75) is 40.3 Å². The Kier molecular flexibility index (Phi) is 3.06. The molecule has 0 bridgehead atoms. The van der Waals surface area contributed by atoms with Gasteiger partial charge in [0.1, 0.15) is 5.75 Å². The van der Waals surface area contributed by atoms with Gasteiger partial charge in [-0.25, -0.2) is 0 Å². The third-order valence-corrected chi connectivity index (χ3v) is 4.87. The average Bonchev–Trinajstić information content (AvgIpc) is 2.68. The minimum absolute atomic E-state index is 0.355. The van der Waals surface area contributed by atoms with E-state index in [-0.39, 0.29) is 0 Å². The van der Waals surface area contributed by atoms with Crippen LogP contribution in [0.3, 0.4) is 0 Å². The van der Waals surface area contributed by atoms with E-state index in [1.165, 1.54) is 0 Å². The molecule has 100 valence electrons. The van der Waals surface area contributed by atoms with Gasteiger partial charge in [0.25, 0.3) is 0 Å². The highest BCUT2D eigenvalue weighted by molar-refractivity contribution is 5.51. The molecule has 0 heterocycles. The fraction of sp³-hybridized carbons (Fsp3) is 0.600. The summed E-state index contributed by atoms with van der Waals surface area (Å²) in [6.45, 7) is 10.0. The highest BCUT2D eigenvalue weighted by Crippen LogP contribution is 2.62. The SMILES string of the molecule is COc1ccc(CNC2C(C)(C)C2(C)C)c(N)c1. The van der Waals surface area contributed by atoms with E-state index in [1.807, 2.05) is 18.2 Å². The minimum Gasteiger partial charge on any atom is -0.497 e. The van der Waals surface area contributed by atoms with Crippen LogP contribution < -0.4 is 15.8 Å². The number of rotatable bonds is 4. The number of ether oxygens (including phenoxy) is 1. The molecule has 2 rings (SSSR count). The summed E-state index contributed by atoms with van der Waals surface area (Å²) in [6, 6.07) is 6.41. The van der Waals surface area contributed by atoms with Crippen LogP contribution in [0.5, 0.6) is 5.75 Å². The van der Waals surface area contributed by atoms with Crippen LogP contribution in [0.2, 0.25) is 0 Å². The van der Waals surface area contributed by atoms with Gasteiger partial charge in [0.2, 0.25) is 0 Å². The van der Waals surface area contributed by atoms with Crippen molar-refractivity contribution in [3.8, 4) is 5.75 Å². The maximum atomic E-state index is 6.02. The second-order valence-electron chi connectivity index (χ2n) is 6.32. The molecule has 0 spiro atoms. The number of benzene rings is 1. The fourth-order valence-electron chi connectivity index (χ4n) is 2.78. The van der Waals surface area contributed by atoms with Crippen LogP contribution in [0, 0.1) is 10.8 Å². The lowest BCUT2D eigenvalue weighted by Crippen LogP contribution is -2.22. The largest absolute Gasteiger partial charge is 0.497 e. The molecule has 18 heavy (non-hydrogen) atoms. The molecule has 0 unspecified atom stereocenters. The van der Waals surface area contributed by atoms with E-state index in [2.05, 4.69) is 33.0 Å². The topological polar surface area (TPSA) is 47.3 Å². The van der Waals surface area contributed by atoms with Gasteiger partial charge in [0.15, 0.2) is 0 Å². The highest BCUT2D eigenvalue weighted by Gasteiger charge is 2.64. The molecule has 1 fully saturated rings. The molecule has 3 nitrogen and oxygen atoms in total. The molecule has 3 N–H and O–H groups in total. The second-order valence-corrected chi connectivity index (χ2v) is 6.32. The predicted molar refractivity (Wildman–Crippen MR) is 75.6 cm³/mol. The first-order valence-electron chi connectivity index (χ1n) is 6.46. The molecule has 3 heteroatoms. The van der Waals surface area contributed by atoms with Crippen LogP contribution in [0.1, 0.15) is 33.3 Å². The Balaban J connectivity index is 2.00. The van der Waals surface area contributed by atoms with Gasteiger partial charge in [-0.15, -0.1) is 0 Å². The maximum Gasteiger partial charge on any atom is 0.120 e. The van der Waals surface area contributed by atoms with Gasteiger partial charge >= 0.3 is 0 Å². The Morgan fingerprint density at radius 3 is 2.28 bits per heavy atom. The summed E-state index contributed by atoms with van der Waals surface area (Å²) in [5, 5.41) is 3.61. The number of methoxy groups -OCH3 is 1. The quantitative estimate of drug-likeness (QED) is 0.805. The Labute approximate surface area is 110 Å². The number of nitrogens with two attached hydrogens (primary N) is 1. The number of anilines is 1. The maximum absolute atomic E-state index is 6.02. The van der Waals surface area contributed by atoms with Crippen molar-refractivity contribution in [3.05, 3.63) is 23.8 Å². The molecular formula is C15H24N2O. The normalized spacial score (nSPS) is 20.7. The molecule has 0 aromatic heterocycles. The van der Waals surface area contributed by atoms with Crippen molar-refractivity contribution in [2.24, 2.45) is 10.8 Å². The number of hydrogen-bond acceptors (Lipinski definition) is 3. The molecule has 1 aromatic rings. The van der Waals surface area contributed by atoms with Gasteiger partial charge in [0, 0.05) is 24.3 Å². The summed E-state index contributed by atoms with van der Waals surface area (Å²) in [4.78, 5) is 0. The van der Waals surface area contributed by atoms with Gasteiger partial charge in [-0.1, -0.05) is 33.8 Å². The van der Waals surface area contributed by atoms with E-state index in [4.69, 9.17) is 10.5 Å². The first-order valence-corrected chi connectivity index (χ1v) is 6.46. The molecule has 0 amide bonds. The van der Waals surface area contributed by atoms with Crippen LogP contribution >= 0.6 is 0 Å². The zero-order valence-corrected chi connectivity index (χ0v) is 12.0. The standard InChI is InChI=1S/C15H24N2O/c1-14(2)13(15(14,3)4)17-9-10-6-7-11(18-5)8-12(10)16/h6-8,13,17H,9,16H2,1-5H3. The second kappa shape index (κ2) is 4.16. The molecular weight excluding hydrogens is 224 g/mol. The molecule has 1 aliphatic rings. The lowest BCUT2D eigenvalue weighted by Gasteiger charge is -2.10. The van der Waals surface area contributed by atoms with Crippen LogP contribution in [-0.4, -0.2) is 13.2 Å². The number of nitrogens with one attached hydrogen (secondary N) is 1.